The molecule has 2 rings (SSSR count). The van der Waals surface area contributed by atoms with Gasteiger partial charge in [-0.3, -0.25) is 4.79 Å². The standard InChI is InChI=1S/C19H21BrN2O3S/c1-13(16-8-3-4-9-17(16)20)21-19(24)22-15-7-5-6-14(10-15)11-26-12-18(23)25-2/h3-10,13H,11-12H2,1-2H3,(H2,21,22,24). The fourth-order valence-corrected chi connectivity index (χ4v) is 3.75. The summed E-state index contributed by atoms with van der Waals surface area (Å²) in [6.45, 7) is 1.93. The summed E-state index contributed by atoms with van der Waals surface area (Å²) in [5.41, 5.74) is 2.74. The second kappa shape index (κ2) is 10.2. The van der Waals surface area contributed by atoms with Gasteiger partial charge in [0.05, 0.1) is 18.9 Å². The van der Waals surface area contributed by atoms with Crippen molar-refractivity contribution in [3.05, 3.63) is 64.1 Å². The van der Waals surface area contributed by atoms with E-state index in [9.17, 15) is 9.59 Å². The van der Waals surface area contributed by atoms with E-state index in [1.807, 2.05) is 55.5 Å². The van der Waals surface area contributed by atoms with Crippen LogP contribution in [0, 0.1) is 0 Å². The van der Waals surface area contributed by atoms with Crippen molar-refractivity contribution in [2.45, 2.75) is 18.7 Å². The van der Waals surface area contributed by atoms with Gasteiger partial charge in [0.2, 0.25) is 0 Å². The highest BCUT2D eigenvalue weighted by Crippen LogP contribution is 2.23. The molecule has 0 saturated carbocycles. The third-order valence-corrected chi connectivity index (χ3v) is 5.32. The Balaban J connectivity index is 1.89. The number of benzene rings is 2. The van der Waals surface area contributed by atoms with Gasteiger partial charge >= 0.3 is 12.0 Å². The number of nitrogens with one attached hydrogen (secondary N) is 2. The molecule has 0 aliphatic heterocycles. The predicted octanol–water partition coefficient (Wildman–Crippen LogP) is 4.74. The van der Waals surface area contributed by atoms with Crippen LogP contribution in [0.4, 0.5) is 10.5 Å². The summed E-state index contributed by atoms with van der Waals surface area (Å²) in [5.74, 6) is 0.724. The molecule has 2 N–H and O–H groups in total. The average molecular weight is 437 g/mol. The highest BCUT2D eigenvalue weighted by Gasteiger charge is 2.12. The summed E-state index contributed by atoms with van der Waals surface area (Å²) in [6.07, 6.45) is 0. The van der Waals surface area contributed by atoms with E-state index in [1.54, 1.807) is 0 Å². The lowest BCUT2D eigenvalue weighted by atomic mass is 10.1. The van der Waals surface area contributed by atoms with Crippen molar-refractivity contribution >= 4 is 45.4 Å². The second-order valence-electron chi connectivity index (χ2n) is 5.61. The van der Waals surface area contributed by atoms with E-state index in [0.29, 0.717) is 17.2 Å². The lowest BCUT2D eigenvalue weighted by molar-refractivity contribution is -0.137. The van der Waals surface area contributed by atoms with E-state index < -0.39 is 0 Å². The van der Waals surface area contributed by atoms with Crippen molar-refractivity contribution in [2.24, 2.45) is 0 Å². The number of ether oxygens (including phenoxy) is 1. The Morgan fingerprint density at radius 2 is 1.96 bits per heavy atom. The molecule has 7 heteroatoms. The molecule has 0 bridgehead atoms. The van der Waals surface area contributed by atoms with Crippen LogP contribution in [-0.4, -0.2) is 24.9 Å². The van der Waals surface area contributed by atoms with Crippen LogP contribution >= 0.6 is 27.7 Å². The molecule has 26 heavy (non-hydrogen) atoms. The van der Waals surface area contributed by atoms with E-state index in [4.69, 9.17) is 0 Å². The van der Waals surface area contributed by atoms with E-state index in [0.717, 1.165) is 15.6 Å². The molecule has 0 spiro atoms. The van der Waals surface area contributed by atoms with Gasteiger partial charge in [0.15, 0.2) is 0 Å². The number of halogens is 1. The molecule has 1 unspecified atom stereocenters. The molecule has 2 aromatic rings. The Bertz CT molecular complexity index is 770. The van der Waals surface area contributed by atoms with Crippen LogP contribution in [-0.2, 0) is 15.3 Å². The second-order valence-corrected chi connectivity index (χ2v) is 7.45. The zero-order valence-electron chi connectivity index (χ0n) is 14.6. The number of anilines is 1. The molecule has 2 amide bonds. The van der Waals surface area contributed by atoms with Crippen molar-refractivity contribution in [2.75, 3.05) is 18.2 Å². The van der Waals surface area contributed by atoms with Crippen LogP contribution in [0.15, 0.2) is 53.0 Å². The minimum Gasteiger partial charge on any atom is -0.468 e. The lowest BCUT2D eigenvalue weighted by Gasteiger charge is -2.16. The zero-order chi connectivity index (χ0) is 18.9. The molecule has 0 fully saturated rings. The number of rotatable bonds is 7. The normalized spacial score (nSPS) is 11.5. The first kappa shape index (κ1) is 20.3. The third-order valence-electron chi connectivity index (χ3n) is 3.62. The first-order valence-electron chi connectivity index (χ1n) is 8.05. The summed E-state index contributed by atoms with van der Waals surface area (Å²) in [5, 5.41) is 5.77. The van der Waals surface area contributed by atoms with Crippen molar-refractivity contribution in [1.82, 2.24) is 5.32 Å². The van der Waals surface area contributed by atoms with Gasteiger partial charge in [0.25, 0.3) is 0 Å². The van der Waals surface area contributed by atoms with Crippen molar-refractivity contribution in [3.8, 4) is 0 Å². The van der Waals surface area contributed by atoms with Gasteiger partial charge in [-0.15, -0.1) is 11.8 Å². The highest BCUT2D eigenvalue weighted by molar-refractivity contribution is 9.10. The monoisotopic (exact) mass is 436 g/mol. The third kappa shape index (κ3) is 6.38. The number of esters is 1. The Morgan fingerprint density at radius 3 is 2.69 bits per heavy atom. The summed E-state index contributed by atoms with van der Waals surface area (Å²) in [4.78, 5) is 23.4. The quantitative estimate of drug-likeness (QED) is 0.615. The molecule has 0 saturated heterocycles. The Kier molecular flexibility index (Phi) is 8.00. The fraction of sp³-hybridized carbons (Fsp3) is 0.263. The van der Waals surface area contributed by atoms with Gasteiger partial charge in [-0.2, -0.15) is 0 Å². The smallest absolute Gasteiger partial charge is 0.319 e. The van der Waals surface area contributed by atoms with E-state index in [1.165, 1.54) is 18.9 Å². The molecule has 1 atom stereocenters. The molecule has 2 aromatic carbocycles. The number of urea groups is 1. The molecule has 138 valence electrons. The number of methoxy groups -OCH3 is 1. The minimum absolute atomic E-state index is 0.135. The maximum Gasteiger partial charge on any atom is 0.319 e. The summed E-state index contributed by atoms with van der Waals surface area (Å²) in [7, 11) is 1.38. The van der Waals surface area contributed by atoms with Crippen LogP contribution in [0.25, 0.3) is 0 Å². The van der Waals surface area contributed by atoms with Crippen molar-refractivity contribution in [1.29, 1.82) is 0 Å². The van der Waals surface area contributed by atoms with Crippen molar-refractivity contribution in [3.63, 3.8) is 0 Å². The fourth-order valence-electron chi connectivity index (χ4n) is 2.32. The number of carbonyl (C=O) groups excluding carboxylic acids is 2. The van der Waals surface area contributed by atoms with E-state index in [-0.39, 0.29) is 18.0 Å². The topological polar surface area (TPSA) is 67.4 Å². The van der Waals surface area contributed by atoms with Gasteiger partial charge in [-0.1, -0.05) is 46.3 Å². The van der Waals surface area contributed by atoms with Crippen LogP contribution in [0.2, 0.25) is 0 Å². The SMILES string of the molecule is COC(=O)CSCc1cccc(NC(=O)NC(C)c2ccccc2Br)c1. The zero-order valence-corrected chi connectivity index (χ0v) is 17.0. The number of hydrogen-bond acceptors (Lipinski definition) is 4. The molecule has 0 aliphatic carbocycles. The lowest BCUT2D eigenvalue weighted by Crippen LogP contribution is -2.31. The molecule has 5 nitrogen and oxygen atoms in total. The molecular formula is C19H21BrN2O3S. The maximum absolute atomic E-state index is 12.3. The Hall–Kier alpha value is -1.99. The number of thioether (sulfide) groups is 1. The number of carbonyl (C=O) groups is 2. The van der Waals surface area contributed by atoms with Gasteiger partial charge < -0.3 is 15.4 Å². The predicted molar refractivity (Wildman–Crippen MR) is 109 cm³/mol. The number of amides is 2. The molecule has 0 aromatic heterocycles. The van der Waals surface area contributed by atoms with Gasteiger partial charge in [-0.25, -0.2) is 4.79 Å². The summed E-state index contributed by atoms with van der Waals surface area (Å²) >= 11 is 4.96. The van der Waals surface area contributed by atoms with Gasteiger partial charge in [0.1, 0.15) is 0 Å². The van der Waals surface area contributed by atoms with Gasteiger partial charge in [-0.05, 0) is 36.2 Å². The van der Waals surface area contributed by atoms with E-state index in [2.05, 4.69) is 31.3 Å². The van der Waals surface area contributed by atoms with Crippen LogP contribution < -0.4 is 10.6 Å². The summed E-state index contributed by atoms with van der Waals surface area (Å²) < 4.78 is 5.57. The number of hydrogen-bond donors (Lipinski definition) is 2. The molecule has 0 heterocycles. The van der Waals surface area contributed by atoms with Crippen LogP contribution in [0.1, 0.15) is 24.1 Å². The molecular weight excluding hydrogens is 416 g/mol. The van der Waals surface area contributed by atoms with Crippen LogP contribution in [0.3, 0.4) is 0 Å². The van der Waals surface area contributed by atoms with Crippen LogP contribution in [0.5, 0.6) is 0 Å². The molecule has 0 aliphatic rings. The maximum atomic E-state index is 12.3. The first-order chi connectivity index (χ1) is 12.5. The average Bonchev–Trinajstić information content (AvgIpc) is 2.62. The van der Waals surface area contributed by atoms with E-state index >= 15 is 0 Å². The Labute approximate surface area is 166 Å². The Morgan fingerprint density at radius 1 is 1.19 bits per heavy atom. The van der Waals surface area contributed by atoms with Gasteiger partial charge in [0, 0.05) is 15.9 Å². The van der Waals surface area contributed by atoms with Crippen molar-refractivity contribution < 1.29 is 14.3 Å². The molecule has 0 radical (unpaired) electrons. The first-order valence-corrected chi connectivity index (χ1v) is 10.00. The largest absolute Gasteiger partial charge is 0.468 e. The summed E-state index contributed by atoms with van der Waals surface area (Å²) in [6, 6.07) is 14.9. The minimum atomic E-state index is -0.271. The highest BCUT2D eigenvalue weighted by atomic mass is 79.9.